The molecule has 1 aromatic carbocycles. The summed E-state index contributed by atoms with van der Waals surface area (Å²) in [5, 5.41) is 9.49. The number of esters is 1. The molecule has 1 amide bonds. The van der Waals surface area contributed by atoms with Crippen molar-refractivity contribution in [3.05, 3.63) is 87.4 Å². The maximum atomic E-state index is 13.2. The Kier molecular flexibility index (Phi) is 8.25. The molecular formula is C28H28N6O5S. The van der Waals surface area contributed by atoms with E-state index in [-0.39, 0.29) is 12.4 Å². The average molecular weight is 561 g/mol. The van der Waals surface area contributed by atoms with E-state index in [0.717, 1.165) is 22.7 Å². The molecule has 0 bridgehead atoms. The van der Waals surface area contributed by atoms with Gasteiger partial charge >= 0.3 is 12.1 Å². The first kappa shape index (κ1) is 27.1. The Morgan fingerprint density at radius 2 is 1.85 bits per heavy atom. The fraction of sp³-hybridized carbons (Fsp3) is 0.321. The van der Waals surface area contributed by atoms with Gasteiger partial charge in [0.15, 0.2) is 0 Å². The summed E-state index contributed by atoms with van der Waals surface area (Å²) in [6.07, 6.45) is 2.09. The van der Waals surface area contributed by atoms with E-state index in [0.29, 0.717) is 40.7 Å². The molecule has 5 rings (SSSR count). The largest absolute Gasteiger partial charge is 0.477 e. The van der Waals surface area contributed by atoms with Crippen LogP contribution in [-0.2, 0) is 16.0 Å². The number of pyridine rings is 1. The highest BCUT2D eigenvalue weighted by Crippen LogP contribution is 2.46. The molecule has 1 aliphatic carbocycles. The Morgan fingerprint density at radius 3 is 2.58 bits per heavy atom. The molecule has 0 saturated heterocycles. The highest BCUT2D eigenvalue weighted by Gasteiger charge is 2.40. The predicted molar refractivity (Wildman–Crippen MR) is 146 cm³/mol. The second kappa shape index (κ2) is 12.2. The van der Waals surface area contributed by atoms with Crippen LogP contribution in [0.2, 0.25) is 0 Å². The van der Waals surface area contributed by atoms with Crippen LogP contribution in [-0.4, -0.2) is 50.6 Å². The van der Waals surface area contributed by atoms with E-state index in [9.17, 15) is 9.59 Å². The summed E-state index contributed by atoms with van der Waals surface area (Å²) in [6, 6.07) is 14.1. The van der Waals surface area contributed by atoms with Gasteiger partial charge in [0, 0.05) is 29.8 Å². The Bertz CT molecular complexity index is 1480. The van der Waals surface area contributed by atoms with Crippen LogP contribution in [0.1, 0.15) is 49.8 Å². The predicted octanol–water partition coefficient (Wildman–Crippen LogP) is 4.79. The van der Waals surface area contributed by atoms with Gasteiger partial charge in [0.05, 0.1) is 18.7 Å². The molecule has 0 radical (unpaired) electrons. The van der Waals surface area contributed by atoms with Gasteiger partial charge in [0.1, 0.15) is 21.7 Å². The van der Waals surface area contributed by atoms with Crippen molar-refractivity contribution < 1.29 is 23.8 Å². The Hall–Kier alpha value is -4.45. The van der Waals surface area contributed by atoms with Crippen LogP contribution in [0.5, 0.6) is 5.88 Å². The number of rotatable bonds is 10. The van der Waals surface area contributed by atoms with Crippen molar-refractivity contribution in [2.75, 3.05) is 18.3 Å². The first-order valence-corrected chi connectivity index (χ1v) is 13.5. The van der Waals surface area contributed by atoms with Gasteiger partial charge in [-0.15, -0.1) is 10.2 Å². The second-order valence-corrected chi connectivity index (χ2v) is 10.7. The number of carbonyl (C=O) groups excluding carboxylic acids is 2. The van der Waals surface area contributed by atoms with E-state index in [1.54, 1.807) is 43.3 Å². The molecule has 1 saturated carbocycles. The molecule has 2 atom stereocenters. The third-order valence-electron chi connectivity index (χ3n) is 6.22. The Morgan fingerprint density at radius 1 is 1.02 bits per heavy atom. The van der Waals surface area contributed by atoms with Crippen molar-refractivity contribution in [2.45, 2.75) is 39.7 Å². The first-order valence-electron chi connectivity index (χ1n) is 12.7. The van der Waals surface area contributed by atoms with E-state index in [4.69, 9.17) is 14.2 Å². The Balaban J connectivity index is 1.25. The molecule has 0 spiro atoms. The summed E-state index contributed by atoms with van der Waals surface area (Å²) in [4.78, 5) is 40.0. The van der Waals surface area contributed by atoms with E-state index >= 15 is 0 Å². The molecular weight excluding hydrogens is 532 g/mol. The minimum Gasteiger partial charge on any atom is -0.477 e. The number of anilines is 1. The van der Waals surface area contributed by atoms with Crippen molar-refractivity contribution in [1.29, 1.82) is 0 Å². The lowest BCUT2D eigenvalue weighted by Gasteiger charge is -2.20. The third-order valence-corrected chi connectivity index (χ3v) is 7.05. The molecule has 4 aromatic rings. The van der Waals surface area contributed by atoms with Gasteiger partial charge in [0.25, 0.3) is 0 Å². The van der Waals surface area contributed by atoms with Crippen LogP contribution in [0.25, 0.3) is 0 Å². The van der Waals surface area contributed by atoms with E-state index < -0.39 is 18.9 Å². The maximum absolute atomic E-state index is 13.2. The molecule has 3 heterocycles. The number of carbonyl (C=O) groups is 2. The summed E-state index contributed by atoms with van der Waals surface area (Å²) >= 11 is 1.35. The number of nitrogens with zero attached hydrogens (tertiary/aromatic N) is 6. The van der Waals surface area contributed by atoms with Crippen LogP contribution < -0.4 is 9.64 Å². The van der Waals surface area contributed by atoms with Gasteiger partial charge in [-0.1, -0.05) is 35.6 Å². The SMILES string of the molecule is Cc1ccc([C@H]2C[C@@H]2COc2cc(N(Cc3nnc(C)s3)C(=O)OCOC(=O)c3ccccc3)nc(C)n2)nc1. The van der Waals surface area contributed by atoms with Crippen LogP contribution >= 0.6 is 11.3 Å². The van der Waals surface area contributed by atoms with Gasteiger partial charge in [-0.3, -0.25) is 9.88 Å². The van der Waals surface area contributed by atoms with Crippen molar-refractivity contribution in [2.24, 2.45) is 5.92 Å². The molecule has 1 fully saturated rings. The molecule has 3 aromatic heterocycles. The lowest BCUT2D eigenvalue weighted by Crippen LogP contribution is -2.33. The Labute approximate surface area is 235 Å². The molecule has 11 nitrogen and oxygen atoms in total. The number of benzene rings is 1. The van der Waals surface area contributed by atoms with E-state index in [1.807, 2.05) is 20.0 Å². The summed E-state index contributed by atoms with van der Waals surface area (Å²) in [7, 11) is 0. The van der Waals surface area contributed by atoms with Crippen LogP contribution in [0.4, 0.5) is 10.6 Å². The first-order chi connectivity index (χ1) is 19.4. The van der Waals surface area contributed by atoms with Crippen molar-refractivity contribution in [3.8, 4) is 5.88 Å². The maximum Gasteiger partial charge on any atom is 0.418 e. The van der Waals surface area contributed by atoms with Gasteiger partial charge in [0.2, 0.25) is 12.7 Å². The molecule has 40 heavy (non-hydrogen) atoms. The molecule has 0 aliphatic heterocycles. The number of aryl methyl sites for hydroxylation is 3. The highest BCUT2D eigenvalue weighted by molar-refractivity contribution is 7.11. The van der Waals surface area contributed by atoms with Crippen LogP contribution in [0.3, 0.4) is 0 Å². The quantitative estimate of drug-likeness (QED) is 0.197. The molecule has 0 N–H and O–H groups in total. The molecule has 12 heteroatoms. The number of ether oxygens (including phenoxy) is 3. The normalized spacial score (nSPS) is 15.8. The zero-order valence-electron chi connectivity index (χ0n) is 22.3. The third kappa shape index (κ3) is 6.94. The van der Waals surface area contributed by atoms with Crippen LogP contribution in [0.15, 0.2) is 54.7 Å². The van der Waals surface area contributed by atoms with Gasteiger partial charge in [-0.2, -0.15) is 4.98 Å². The highest BCUT2D eigenvalue weighted by atomic mass is 32.1. The second-order valence-electron chi connectivity index (χ2n) is 9.41. The van der Waals surface area contributed by atoms with Gasteiger partial charge in [-0.25, -0.2) is 14.6 Å². The number of hydrogen-bond donors (Lipinski definition) is 0. The van der Waals surface area contributed by atoms with E-state index in [1.165, 1.54) is 16.2 Å². The minimum atomic E-state index is -0.773. The fourth-order valence-electron chi connectivity index (χ4n) is 4.07. The van der Waals surface area contributed by atoms with Gasteiger partial charge in [-0.05, 0) is 51.0 Å². The van der Waals surface area contributed by atoms with Crippen molar-refractivity contribution in [1.82, 2.24) is 25.1 Å². The topological polar surface area (TPSA) is 130 Å². The standard InChI is InChI=1S/C28H28N6O5S/c1-17-9-10-23(29-13-17)22-11-21(22)15-37-25-12-24(30-18(2)31-25)34(14-26-33-32-19(3)40-26)28(36)39-16-38-27(35)20-7-5-4-6-8-20/h4-10,12-13,21-22H,11,14-16H2,1-3H3/t21-,22+/m1/s1. The van der Waals surface area contributed by atoms with Crippen LogP contribution in [0, 0.1) is 26.7 Å². The molecule has 0 unspecified atom stereocenters. The van der Waals surface area contributed by atoms with Gasteiger partial charge < -0.3 is 14.2 Å². The smallest absolute Gasteiger partial charge is 0.418 e. The summed E-state index contributed by atoms with van der Waals surface area (Å²) in [5.41, 5.74) is 2.54. The number of aromatic nitrogens is 5. The summed E-state index contributed by atoms with van der Waals surface area (Å²) in [6.45, 7) is 5.50. The lowest BCUT2D eigenvalue weighted by atomic mass is 10.2. The summed E-state index contributed by atoms with van der Waals surface area (Å²) in [5.74, 6) is 1.11. The minimum absolute atomic E-state index is 0.0522. The average Bonchev–Trinajstić information content (AvgIpc) is 3.61. The zero-order chi connectivity index (χ0) is 28.1. The number of amides is 1. The molecule has 206 valence electrons. The lowest BCUT2D eigenvalue weighted by molar-refractivity contribution is -0.000702. The van der Waals surface area contributed by atoms with Crippen molar-refractivity contribution >= 4 is 29.2 Å². The fourth-order valence-corrected chi connectivity index (χ4v) is 4.77. The zero-order valence-corrected chi connectivity index (χ0v) is 23.1. The van der Waals surface area contributed by atoms with Crippen molar-refractivity contribution in [3.63, 3.8) is 0 Å². The monoisotopic (exact) mass is 560 g/mol. The molecule has 1 aliphatic rings. The van der Waals surface area contributed by atoms with E-state index in [2.05, 4.69) is 37.3 Å². The summed E-state index contributed by atoms with van der Waals surface area (Å²) < 4.78 is 16.4. The number of hydrogen-bond acceptors (Lipinski definition) is 11.